The first-order valence-corrected chi connectivity index (χ1v) is 7.49. The maximum absolute atomic E-state index is 9.31. The lowest BCUT2D eigenvalue weighted by Gasteiger charge is -2.26. The molecule has 0 aliphatic carbocycles. The van der Waals surface area contributed by atoms with Gasteiger partial charge in [0.05, 0.1) is 6.61 Å². The van der Waals surface area contributed by atoms with E-state index in [1.165, 1.54) is 16.0 Å². The second kappa shape index (κ2) is 7.17. The molecule has 1 unspecified atom stereocenters. The zero-order chi connectivity index (χ0) is 13.6. The number of hydrogen-bond acceptors (Lipinski definition) is 3. The van der Waals surface area contributed by atoms with E-state index in [0.717, 1.165) is 18.6 Å². The first kappa shape index (κ1) is 15.5. The van der Waals surface area contributed by atoms with Crippen molar-refractivity contribution in [2.75, 3.05) is 19.4 Å². The van der Waals surface area contributed by atoms with Gasteiger partial charge in [0, 0.05) is 10.4 Å². The minimum atomic E-state index is -0.137. The van der Waals surface area contributed by atoms with Crippen molar-refractivity contribution in [1.82, 2.24) is 5.32 Å². The number of aliphatic hydroxyl groups is 1. The summed E-state index contributed by atoms with van der Waals surface area (Å²) >= 11 is 1.91. The molecular weight excluding hydrogens is 242 g/mol. The van der Waals surface area contributed by atoms with E-state index in [4.69, 9.17) is 0 Å². The SMILES string of the molecule is CNC(C)(CO)CCCSc1cc(C)ccc1C. The summed E-state index contributed by atoms with van der Waals surface area (Å²) in [5, 5.41) is 12.5. The highest BCUT2D eigenvalue weighted by atomic mass is 32.2. The minimum Gasteiger partial charge on any atom is -0.394 e. The fraction of sp³-hybridized carbons (Fsp3) is 0.600. The summed E-state index contributed by atoms with van der Waals surface area (Å²) in [6.45, 7) is 6.55. The highest BCUT2D eigenvalue weighted by Gasteiger charge is 2.19. The Labute approximate surface area is 115 Å². The normalized spacial score (nSPS) is 14.5. The van der Waals surface area contributed by atoms with E-state index < -0.39 is 0 Å². The summed E-state index contributed by atoms with van der Waals surface area (Å²) in [5.41, 5.74) is 2.53. The number of aryl methyl sites for hydroxylation is 2. The molecule has 0 heterocycles. The standard InChI is InChI=1S/C15H25NOS/c1-12-6-7-13(2)14(10-12)18-9-5-8-15(3,11-17)16-4/h6-7,10,16-17H,5,8-9,11H2,1-4H3. The van der Waals surface area contributed by atoms with Crippen LogP contribution in [-0.4, -0.2) is 30.1 Å². The number of nitrogens with one attached hydrogen (secondary N) is 1. The summed E-state index contributed by atoms with van der Waals surface area (Å²) in [4.78, 5) is 1.38. The van der Waals surface area contributed by atoms with Gasteiger partial charge in [-0.1, -0.05) is 17.7 Å². The number of aliphatic hydroxyl groups excluding tert-OH is 1. The molecule has 1 atom stereocenters. The fourth-order valence-electron chi connectivity index (χ4n) is 1.79. The molecule has 0 bridgehead atoms. The van der Waals surface area contributed by atoms with Gasteiger partial charge in [-0.05, 0) is 58.0 Å². The van der Waals surface area contributed by atoms with Crippen molar-refractivity contribution in [2.45, 2.75) is 44.0 Å². The molecule has 0 radical (unpaired) electrons. The van der Waals surface area contributed by atoms with Crippen molar-refractivity contribution in [2.24, 2.45) is 0 Å². The van der Waals surface area contributed by atoms with E-state index in [1.54, 1.807) is 0 Å². The van der Waals surface area contributed by atoms with Gasteiger partial charge in [0.15, 0.2) is 0 Å². The van der Waals surface area contributed by atoms with Gasteiger partial charge >= 0.3 is 0 Å². The molecule has 0 saturated heterocycles. The molecule has 2 nitrogen and oxygen atoms in total. The molecule has 0 fully saturated rings. The highest BCUT2D eigenvalue weighted by molar-refractivity contribution is 7.99. The third kappa shape index (κ3) is 4.63. The van der Waals surface area contributed by atoms with Crippen LogP contribution in [0.3, 0.4) is 0 Å². The van der Waals surface area contributed by atoms with E-state index in [-0.39, 0.29) is 12.1 Å². The lowest BCUT2D eigenvalue weighted by molar-refractivity contribution is 0.173. The highest BCUT2D eigenvalue weighted by Crippen LogP contribution is 2.25. The Morgan fingerprint density at radius 1 is 1.33 bits per heavy atom. The van der Waals surface area contributed by atoms with E-state index in [1.807, 2.05) is 18.8 Å². The Hall–Kier alpha value is -0.510. The third-order valence-corrected chi connectivity index (χ3v) is 4.67. The average molecular weight is 267 g/mol. The summed E-state index contributed by atoms with van der Waals surface area (Å²) in [7, 11) is 1.91. The van der Waals surface area contributed by atoms with Crippen LogP contribution in [0.15, 0.2) is 23.1 Å². The van der Waals surface area contributed by atoms with Crippen molar-refractivity contribution in [3.8, 4) is 0 Å². The maximum atomic E-state index is 9.31. The van der Waals surface area contributed by atoms with Gasteiger partial charge in [-0.25, -0.2) is 0 Å². The summed E-state index contributed by atoms with van der Waals surface area (Å²) in [5.74, 6) is 1.10. The third-order valence-electron chi connectivity index (χ3n) is 3.43. The van der Waals surface area contributed by atoms with E-state index in [0.29, 0.717) is 0 Å². The zero-order valence-corrected chi connectivity index (χ0v) is 12.7. The number of rotatable bonds is 7. The van der Waals surface area contributed by atoms with E-state index >= 15 is 0 Å². The van der Waals surface area contributed by atoms with Crippen LogP contribution in [0.1, 0.15) is 30.9 Å². The Morgan fingerprint density at radius 3 is 2.67 bits per heavy atom. The molecule has 1 aromatic rings. The number of likely N-dealkylation sites (N-methyl/N-ethyl adjacent to an activating group) is 1. The Morgan fingerprint density at radius 2 is 2.06 bits per heavy atom. The van der Waals surface area contributed by atoms with Gasteiger partial charge in [-0.2, -0.15) is 0 Å². The first-order chi connectivity index (χ1) is 8.50. The lowest BCUT2D eigenvalue weighted by atomic mass is 9.98. The van der Waals surface area contributed by atoms with Crippen LogP contribution in [0.25, 0.3) is 0 Å². The summed E-state index contributed by atoms with van der Waals surface area (Å²) in [6.07, 6.45) is 2.10. The van der Waals surface area contributed by atoms with Crippen LogP contribution in [0.2, 0.25) is 0 Å². The number of hydrogen-bond donors (Lipinski definition) is 2. The van der Waals surface area contributed by atoms with Crippen molar-refractivity contribution in [1.29, 1.82) is 0 Å². The second-order valence-electron chi connectivity index (χ2n) is 5.19. The molecule has 1 rings (SSSR count). The smallest absolute Gasteiger partial charge is 0.0610 e. The maximum Gasteiger partial charge on any atom is 0.0610 e. The quantitative estimate of drug-likeness (QED) is 0.588. The van der Waals surface area contributed by atoms with E-state index in [2.05, 4.69) is 44.3 Å². The second-order valence-corrected chi connectivity index (χ2v) is 6.33. The van der Waals surface area contributed by atoms with Crippen molar-refractivity contribution >= 4 is 11.8 Å². The summed E-state index contributed by atoms with van der Waals surface area (Å²) in [6, 6.07) is 6.59. The molecule has 0 aliphatic heterocycles. The zero-order valence-electron chi connectivity index (χ0n) is 11.9. The van der Waals surface area contributed by atoms with Crippen molar-refractivity contribution in [3.63, 3.8) is 0 Å². The minimum absolute atomic E-state index is 0.137. The van der Waals surface area contributed by atoms with Gasteiger partial charge in [-0.3, -0.25) is 0 Å². The molecule has 0 aromatic heterocycles. The van der Waals surface area contributed by atoms with Crippen molar-refractivity contribution < 1.29 is 5.11 Å². The Bertz CT molecular complexity index is 375. The van der Waals surface area contributed by atoms with Crippen LogP contribution >= 0.6 is 11.8 Å². The number of benzene rings is 1. The van der Waals surface area contributed by atoms with Gasteiger partial charge in [-0.15, -0.1) is 11.8 Å². The van der Waals surface area contributed by atoms with Crippen LogP contribution in [-0.2, 0) is 0 Å². The lowest BCUT2D eigenvalue weighted by Crippen LogP contribution is -2.43. The molecule has 1 aromatic carbocycles. The molecule has 3 heteroatoms. The average Bonchev–Trinajstić information content (AvgIpc) is 2.38. The topological polar surface area (TPSA) is 32.3 Å². The summed E-state index contributed by atoms with van der Waals surface area (Å²) < 4.78 is 0. The monoisotopic (exact) mass is 267 g/mol. The largest absolute Gasteiger partial charge is 0.394 e. The van der Waals surface area contributed by atoms with E-state index in [9.17, 15) is 5.11 Å². The molecule has 0 saturated carbocycles. The van der Waals surface area contributed by atoms with Gasteiger partial charge in [0.2, 0.25) is 0 Å². The molecule has 102 valence electrons. The van der Waals surface area contributed by atoms with Crippen LogP contribution in [0, 0.1) is 13.8 Å². The van der Waals surface area contributed by atoms with Crippen LogP contribution in [0.4, 0.5) is 0 Å². The predicted molar refractivity (Wildman–Crippen MR) is 80.4 cm³/mol. The number of thioether (sulfide) groups is 1. The fourth-order valence-corrected chi connectivity index (χ4v) is 2.86. The molecule has 0 amide bonds. The van der Waals surface area contributed by atoms with Gasteiger partial charge in [0.1, 0.15) is 0 Å². The molecule has 0 aliphatic rings. The molecular formula is C15H25NOS. The Kier molecular flexibility index (Phi) is 6.19. The van der Waals surface area contributed by atoms with Gasteiger partial charge < -0.3 is 10.4 Å². The first-order valence-electron chi connectivity index (χ1n) is 6.50. The molecule has 18 heavy (non-hydrogen) atoms. The Balaban J connectivity index is 2.40. The van der Waals surface area contributed by atoms with Crippen LogP contribution in [0.5, 0.6) is 0 Å². The van der Waals surface area contributed by atoms with Crippen LogP contribution < -0.4 is 5.32 Å². The van der Waals surface area contributed by atoms with Crippen molar-refractivity contribution in [3.05, 3.63) is 29.3 Å². The molecule has 0 spiro atoms. The predicted octanol–water partition coefficient (Wildman–Crippen LogP) is 3.15. The molecule has 2 N–H and O–H groups in total. The van der Waals surface area contributed by atoms with Gasteiger partial charge in [0.25, 0.3) is 0 Å².